The van der Waals surface area contributed by atoms with Gasteiger partial charge in [0, 0.05) is 19.3 Å². The topological polar surface area (TPSA) is 29.5 Å². The molecule has 0 aromatic heterocycles. The van der Waals surface area contributed by atoms with Crippen LogP contribution in [-0.2, 0) is 0 Å². The summed E-state index contributed by atoms with van der Waals surface area (Å²) < 4.78 is 6.20. The Morgan fingerprint density at radius 3 is 2.43 bits per heavy atom. The molecular formula is C20H19NO2. The molecule has 4 rings (SSSR count). The second kappa shape index (κ2) is 5.92. The van der Waals surface area contributed by atoms with Crippen molar-refractivity contribution in [3.63, 3.8) is 0 Å². The van der Waals surface area contributed by atoms with E-state index in [0.29, 0.717) is 11.3 Å². The molecule has 1 saturated heterocycles. The lowest BCUT2D eigenvalue weighted by Gasteiger charge is -2.29. The number of carbonyl (C=O) groups excluding carboxylic acids is 1. The lowest BCUT2D eigenvalue weighted by Crippen LogP contribution is -2.26. The van der Waals surface area contributed by atoms with Crippen LogP contribution in [0.5, 0.6) is 5.75 Å². The Morgan fingerprint density at radius 2 is 1.65 bits per heavy atom. The molecule has 0 spiro atoms. The van der Waals surface area contributed by atoms with Gasteiger partial charge in [-0.25, -0.2) is 0 Å². The number of para-hydroxylation sites is 1. The molecule has 3 nitrogen and oxygen atoms in total. The van der Waals surface area contributed by atoms with Gasteiger partial charge < -0.3 is 9.64 Å². The third kappa shape index (κ3) is 2.63. The molecule has 2 aliphatic heterocycles. The third-order valence-electron chi connectivity index (χ3n) is 4.49. The molecular weight excluding hydrogens is 286 g/mol. The fourth-order valence-electron chi connectivity index (χ4n) is 3.29. The molecule has 0 saturated carbocycles. The Kier molecular flexibility index (Phi) is 3.62. The maximum Gasteiger partial charge on any atom is 0.198 e. The van der Waals surface area contributed by atoms with Crippen LogP contribution in [0.4, 0.5) is 0 Å². The molecule has 2 aromatic rings. The molecule has 2 aliphatic rings. The standard InChI is InChI=1S/C20H19NO2/c22-19-16-10-4-5-11-18(16)23-20(15-8-2-1-3-9-15)17(19)14-21-12-6-7-13-21/h1-5,8-11,14,20H,6-7,12-13H2/b17-14-. The van der Waals surface area contributed by atoms with E-state index >= 15 is 0 Å². The Balaban J connectivity index is 1.80. The van der Waals surface area contributed by atoms with E-state index in [1.165, 1.54) is 12.8 Å². The van der Waals surface area contributed by atoms with Crippen LogP contribution in [0, 0.1) is 0 Å². The Labute approximate surface area is 136 Å². The van der Waals surface area contributed by atoms with E-state index in [-0.39, 0.29) is 11.9 Å². The van der Waals surface area contributed by atoms with Crippen molar-refractivity contribution in [1.82, 2.24) is 4.90 Å². The summed E-state index contributed by atoms with van der Waals surface area (Å²) in [6, 6.07) is 17.5. The van der Waals surface area contributed by atoms with Gasteiger partial charge in [-0.3, -0.25) is 4.79 Å². The van der Waals surface area contributed by atoms with Gasteiger partial charge in [0.2, 0.25) is 0 Å². The normalized spacial score (nSPS) is 22.1. The van der Waals surface area contributed by atoms with Crippen molar-refractivity contribution in [2.45, 2.75) is 18.9 Å². The van der Waals surface area contributed by atoms with Gasteiger partial charge in [-0.2, -0.15) is 0 Å². The molecule has 2 aromatic carbocycles. The van der Waals surface area contributed by atoms with Gasteiger partial charge in [-0.15, -0.1) is 0 Å². The zero-order valence-corrected chi connectivity index (χ0v) is 12.9. The molecule has 1 atom stereocenters. The Morgan fingerprint density at radius 1 is 0.957 bits per heavy atom. The Hall–Kier alpha value is -2.55. The van der Waals surface area contributed by atoms with Crippen LogP contribution < -0.4 is 4.74 Å². The monoisotopic (exact) mass is 305 g/mol. The summed E-state index contributed by atoms with van der Waals surface area (Å²) in [5.41, 5.74) is 2.41. The highest BCUT2D eigenvalue weighted by molar-refractivity contribution is 6.12. The quantitative estimate of drug-likeness (QED) is 0.786. The molecule has 3 heteroatoms. The van der Waals surface area contributed by atoms with Crippen LogP contribution in [0.15, 0.2) is 66.4 Å². The van der Waals surface area contributed by atoms with Crippen molar-refractivity contribution in [3.8, 4) is 5.75 Å². The summed E-state index contributed by atoms with van der Waals surface area (Å²) >= 11 is 0. The number of Topliss-reactive ketones (excluding diaryl/α,β-unsaturated/α-hetero) is 1. The summed E-state index contributed by atoms with van der Waals surface area (Å²) in [5.74, 6) is 0.748. The lowest BCUT2D eigenvalue weighted by atomic mass is 9.91. The van der Waals surface area contributed by atoms with Gasteiger partial charge in [-0.05, 0) is 30.5 Å². The third-order valence-corrected chi connectivity index (χ3v) is 4.49. The number of nitrogens with zero attached hydrogens (tertiary/aromatic N) is 1. The van der Waals surface area contributed by atoms with Crippen LogP contribution in [0.2, 0.25) is 0 Å². The number of ether oxygens (including phenoxy) is 1. The first kappa shape index (κ1) is 14.1. The van der Waals surface area contributed by atoms with Crippen molar-refractivity contribution in [2.75, 3.05) is 13.1 Å². The van der Waals surface area contributed by atoms with Crippen LogP contribution in [0.1, 0.15) is 34.9 Å². The molecule has 0 aliphatic carbocycles. The zero-order chi connectivity index (χ0) is 15.6. The van der Waals surface area contributed by atoms with Crippen molar-refractivity contribution in [1.29, 1.82) is 0 Å². The lowest BCUT2D eigenvalue weighted by molar-refractivity contribution is 0.0956. The predicted octanol–water partition coefficient (Wildman–Crippen LogP) is 3.98. The number of hydrogen-bond acceptors (Lipinski definition) is 3. The highest BCUT2D eigenvalue weighted by Crippen LogP contribution is 2.38. The summed E-state index contributed by atoms with van der Waals surface area (Å²) in [4.78, 5) is 15.2. The number of likely N-dealkylation sites (tertiary alicyclic amines) is 1. The van der Waals surface area contributed by atoms with Crippen molar-refractivity contribution in [2.24, 2.45) is 0 Å². The number of carbonyl (C=O) groups is 1. The SMILES string of the molecule is O=C1/C(=C/N2CCCC2)C(c2ccccc2)Oc2ccccc21. The summed E-state index contributed by atoms with van der Waals surface area (Å²) in [5, 5.41) is 0. The molecule has 2 heterocycles. The molecule has 23 heavy (non-hydrogen) atoms. The first-order chi connectivity index (χ1) is 11.3. The summed E-state index contributed by atoms with van der Waals surface area (Å²) in [6.45, 7) is 2.03. The van der Waals surface area contributed by atoms with Crippen LogP contribution in [0.25, 0.3) is 0 Å². The molecule has 116 valence electrons. The van der Waals surface area contributed by atoms with E-state index in [2.05, 4.69) is 4.90 Å². The molecule has 0 radical (unpaired) electrons. The van der Waals surface area contributed by atoms with Crippen molar-refractivity contribution in [3.05, 3.63) is 77.5 Å². The highest BCUT2D eigenvalue weighted by atomic mass is 16.5. The van der Waals surface area contributed by atoms with Crippen molar-refractivity contribution >= 4 is 5.78 Å². The van der Waals surface area contributed by atoms with Gasteiger partial charge in [0.05, 0.1) is 11.1 Å². The first-order valence-electron chi connectivity index (χ1n) is 8.14. The fraction of sp³-hybridized carbons (Fsp3) is 0.250. The number of benzene rings is 2. The van der Waals surface area contributed by atoms with E-state index in [1.807, 2.05) is 60.8 Å². The van der Waals surface area contributed by atoms with Gasteiger partial charge in [0.1, 0.15) is 5.75 Å². The number of fused-ring (bicyclic) bond motifs is 1. The zero-order valence-electron chi connectivity index (χ0n) is 12.9. The van der Waals surface area contributed by atoms with E-state index in [4.69, 9.17) is 4.74 Å². The second-order valence-electron chi connectivity index (χ2n) is 6.06. The van der Waals surface area contributed by atoms with Gasteiger partial charge in [0.15, 0.2) is 11.9 Å². The first-order valence-corrected chi connectivity index (χ1v) is 8.14. The molecule has 1 fully saturated rings. The minimum absolute atomic E-state index is 0.0765. The smallest absolute Gasteiger partial charge is 0.198 e. The second-order valence-corrected chi connectivity index (χ2v) is 6.06. The van der Waals surface area contributed by atoms with Crippen LogP contribution in [-0.4, -0.2) is 23.8 Å². The van der Waals surface area contributed by atoms with Crippen LogP contribution >= 0.6 is 0 Å². The average Bonchev–Trinajstić information content (AvgIpc) is 3.11. The molecule has 0 bridgehead atoms. The number of rotatable bonds is 2. The van der Waals surface area contributed by atoms with E-state index in [1.54, 1.807) is 0 Å². The number of hydrogen-bond donors (Lipinski definition) is 0. The molecule has 1 unspecified atom stereocenters. The predicted molar refractivity (Wildman–Crippen MR) is 89.5 cm³/mol. The highest BCUT2D eigenvalue weighted by Gasteiger charge is 2.33. The van der Waals surface area contributed by atoms with Gasteiger partial charge in [-0.1, -0.05) is 42.5 Å². The minimum Gasteiger partial charge on any atom is -0.480 e. The maximum absolute atomic E-state index is 13.0. The van der Waals surface area contributed by atoms with E-state index in [0.717, 1.165) is 24.2 Å². The minimum atomic E-state index is -0.334. The summed E-state index contributed by atoms with van der Waals surface area (Å²) in [6.07, 6.45) is 4.05. The summed E-state index contributed by atoms with van der Waals surface area (Å²) in [7, 11) is 0. The maximum atomic E-state index is 13.0. The van der Waals surface area contributed by atoms with E-state index < -0.39 is 0 Å². The molecule has 0 N–H and O–H groups in total. The average molecular weight is 305 g/mol. The largest absolute Gasteiger partial charge is 0.480 e. The fourth-order valence-corrected chi connectivity index (χ4v) is 3.29. The van der Waals surface area contributed by atoms with Crippen molar-refractivity contribution < 1.29 is 9.53 Å². The van der Waals surface area contributed by atoms with E-state index in [9.17, 15) is 4.79 Å². The van der Waals surface area contributed by atoms with Gasteiger partial charge >= 0.3 is 0 Å². The van der Waals surface area contributed by atoms with Crippen LogP contribution in [0.3, 0.4) is 0 Å². The molecule has 0 amide bonds. The number of ketones is 1. The Bertz CT molecular complexity index is 745. The van der Waals surface area contributed by atoms with Gasteiger partial charge in [0.25, 0.3) is 0 Å².